The standard InChI is InChI=1S/C12H17BrN4O/c13-9-4-16-17-11(9)5-15-12(18)7-1-6-3-10(14)8(6)2-7/h4,6-8,10H,1-3,5,14H2,(H,15,18)(H,16,17). The summed E-state index contributed by atoms with van der Waals surface area (Å²) in [6.07, 6.45) is 4.76. The fraction of sp³-hybridized carbons (Fsp3) is 0.667. The van der Waals surface area contributed by atoms with Crippen LogP contribution in [0.5, 0.6) is 0 Å². The number of H-pyrrole nitrogens is 1. The summed E-state index contributed by atoms with van der Waals surface area (Å²) >= 11 is 3.38. The van der Waals surface area contributed by atoms with Crippen LogP contribution in [0, 0.1) is 17.8 Å². The van der Waals surface area contributed by atoms with E-state index >= 15 is 0 Å². The molecule has 4 N–H and O–H groups in total. The predicted molar refractivity (Wildman–Crippen MR) is 70.4 cm³/mol. The van der Waals surface area contributed by atoms with Crippen LogP contribution in [-0.4, -0.2) is 22.1 Å². The van der Waals surface area contributed by atoms with Gasteiger partial charge in [-0.15, -0.1) is 0 Å². The Morgan fingerprint density at radius 1 is 1.56 bits per heavy atom. The fourth-order valence-electron chi connectivity index (χ4n) is 3.24. The van der Waals surface area contributed by atoms with Crippen LogP contribution in [0.3, 0.4) is 0 Å². The molecule has 0 spiro atoms. The van der Waals surface area contributed by atoms with E-state index in [4.69, 9.17) is 5.73 Å². The van der Waals surface area contributed by atoms with E-state index in [1.165, 1.54) is 0 Å². The largest absolute Gasteiger partial charge is 0.350 e. The summed E-state index contributed by atoms with van der Waals surface area (Å²) in [6, 6.07) is 0.328. The molecule has 2 fully saturated rings. The van der Waals surface area contributed by atoms with Crippen molar-refractivity contribution >= 4 is 21.8 Å². The third kappa shape index (κ3) is 2.07. The highest BCUT2D eigenvalue weighted by molar-refractivity contribution is 9.10. The summed E-state index contributed by atoms with van der Waals surface area (Å²) in [6.45, 7) is 0.497. The monoisotopic (exact) mass is 312 g/mol. The van der Waals surface area contributed by atoms with E-state index in [2.05, 4.69) is 31.4 Å². The van der Waals surface area contributed by atoms with Crippen LogP contribution in [0.15, 0.2) is 10.7 Å². The van der Waals surface area contributed by atoms with Gasteiger partial charge in [0.1, 0.15) is 0 Å². The number of carbonyl (C=O) groups is 1. The average Bonchev–Trinajstić information content (AvgIpc) is 2.89. The second-order valence-electron chi connectivity index (χ2n) is 5.41. The molecule has 1 heterocycles. The Balaban J connectivity index is 1.52. The lowest BCUT2D eigenvalue weighted by molar-refractivity contribution is -0.125. The van der Waals surface area contributed by atoms with Crippen molar-refractivity contribution in [1.29, 1.82) is 0 Å². The van der Waals surface area contributed by atoms with Crippen molar-refractivity contribution in [2.24, 2.45) is 23.5 Å². The van der Waals surface area contributed by atoms with E-state index in [1.807, 2.05) is 0 Å². The highest BCUT2D eigenvalue weighted by atomic mass is 79.9. The van der Waals surface area contributed by atoms with Crippen molar-refractivity contribution in [2.45, 2.75) is 31.8 Å². The Hall–Kier alpha value is -0.880. The summed E-state index contributed by atoms with van der Waals surface area (Å²) in [5.41, 5.74) is 6.85. The van der Waals surface area contributed by atoms with Gasteiger partial charge in [-0.3, -0.25) is 9.89 Å². The molecule has 0 aliphatic heterocycles. The summed E-state index contributed by atoms with van der Waals surface area (Å²) in [5, 5.41) is 9.73. The summed E-state index contributed by atoms with van der Waals surface area (Å²) in [4.78, 5) is 12.1. The number of fused-ring (bicyclic) bond motifs is 1. The van der Waals surface area contributed by atoms with Gasteiger partial charge in [0.2, 0.25) is 5.91 Å². The van der Waals surface area contributed by atoms with Crippen LogP contribution in [-0.2, 0) is 11.3 Å². The summed E-state index contributed by atoms with van der Waals surface area (Å²) in [5.74, 6) is 1.57. The zero-order chi connectivity index (χ0) is 12.7. The quantitative estimate of drug-likeness (QED) is 0.783. The second-order valence-corrected chi connectivity index (χ2v) is 6.26. The molecular formula is C12H17BrN4O. The smallest absolute Gasteiger partial charge is 0.223 e. The summed E-state index contributed by atoms with van der Waals surface area (Å²) < 4.78 is 0.899. The number of amides is 1. The van der Waals surface area contributed by atoms with E-state index in [1.54, 1.807) is 6.20 Å². The minimum atomic E-state index is 0.148. The van der Waals surface area contributed by atoms with Gasteiger partial charge < -0.3 is 11.1 Å². The molecule has 0 radical (unpaired) electrons. The first-order valence-electron chi connectivity index (χ1n) is 6.36. The molecule has 1 amide bonds. The molecule has 0 saturated heterocycles. The van der Waals surface area contributed by atoms with Gasteiger partial charge >= 0.3 is 0 Å². The van der Waals surface area contributed by atoms with Gasteiger partial charge in [-0.1, -0.05) is 0 Å². The predicted octanol–water partition coefficient (Wildman–Crippen LogP) is 1.16. The van der Waals surface area contributed by atoms with Crippen molar-refractivity contribution in [3.05, 3.63) is 16.4 Å². The highest BCUT2D eigenvalue weighted by Crippen LogP contribution is 2.48. The normalized spacial score (nSPS) is 33.9. The van der Waals surface area contributed by atoms with Crippen LogP contribution in [0.1, 0.15) is 25.0 Å². The van der Waals surface area contributed by atoms with Crippen molar-refractivity contribution in [1.82, 2.24) is 15.5 Å². The first-order chi connectivity index (χ1) is 8.65. The molecule has 4 atom stereocenters. The number of hydrogen-bond donors (Lipinski definition) is 3. The van der Waals surface area contributed by atoms with Gasteiger partial charge in [-0.05, 0) is 47.0 Å². The van der Waals surface area contributed by atoms with E-state index < -0.39 is 0 Å². The van der Waals surface area contributed by atoms with E-state index in [0.29, 0.717) is 24.4 Å². The molecule has 6 heteroatoms. The Morgan fingerprint density at radius 3 is 3.00 bits per heavy atom. The molecule has 0 aromatic carbocycles. The second kappa shape index (κ2) is 4.66. The Kier molecular flexibility index (Phi) is 3.15. The number of halogens is 1. The molecule has 18 heavy (non-hydrogen) atoms. The van der Waals surface area contributed by atoms with Crippen molar-refractivity contribution in [2.75, 3.05) is 0 Å². The molecule has 2 aliphatic carbocycles. The third-order valence-electron chi connectivity index (χ3n) is 4.35. The summed E-state index contributed by atoms with van der Waals surface area (Å²) in [7, 11) is 0. The topological polar surface area (TPSA) is 83.8 Å². The van der Waals surface area contributed by atoms with Crippen LogP contribution in [0.25, 0.3) is 0 Å². The van der Waals surface area contributed by atoms with E-state index in [0.717, 1.165) is 29.4 Å². The van der Waals surface area contributed by atoms with Crippen LogP contribution in [0.2, 0.25) is 0 Å². The van der Waals surface area contributed by atoms with Crippen LogP contribution >= 0.6 is 15.9 Å². The lowest BCUT2D eigenvalue weighted by atomic mass is 9.72. The minimum Gasteiger partial charge on any atom is -0.350 e. The Morgan fingerprint density at radius 2 is 2.39 bits per heavy atom. The highest BCUT2D eigenvalue weighted by Gasteiger charge is 2.47. The lowest BCUT2D eigenvalue weighted by Crippen LogP contribution is -2.44. The van der Waals surface area contributed by atoms with Crippen LogP contribution < -0.4 is 11.1 Å². The van der Waals surface area contributed by atoms with Crippen molar-refractivity contribution < 1.29 is 4.79 Å². The van der Waals surface area contributed by atoms with Gasteiger partial charge in [0, 0.05) is 12.0 Å². The number of rotatable bonds is 3. The maximum Gasteiger partial charge on any atom is 0.223 e. The molecule has 98 valence electrons. The zero-order valence-corrected chi connectivity index (χ0v) is 11.6. The van der Waals surface area contributed by atoms with Gasteiger partial charge in [-0.25, -0.2) is 0 Å². The third-order valence-corrected chi connectivity index (χ3v) is 5.03. The van der Waals surface area contributed by atoms with Crippen LogP contribution in [0.4, 0.5) is 0 Å². The molecule has 0 bridgehead atoms. The number of hydrogen-bond acceptors (Lipinski definition) is 3. The molecule has 1 aromatic heterocycles. The Bertz CT molecular complexity index is 461. The average molecular weight is 313 g/mol. The molecule has 2 saturated carbocycles. The van der Waals surface area contributed by atoms with Crippen molar-refractivity contribution in [3.8, 4) is 0 Å². The molecule has 4 unspecified atom stereocenters. The maximum absolute atomic E-state index is 12.1. The fourth-order valence-corrected chi connectivity index (χ4v) is 3.57. The van der Waals surface area contributed by atoms with Gasteiger partial charge in [0.15, 0.2) is 0 Å². The molecule has 3 rings (SSSR count). The zero-order valence-electron chi connectivity index (χ0n) is 10.0. The van der Waals surface area contributed by atoms with E-state index in [-0.39, 0.29) is 11.8 Å². The maximum atomic E-state index is 12.1. The minimum absolute atomic E-state index is 0.148. The SMILES string of the molecule is NC1CC2CC(C(=O)NCc3[nH]ncc3Br)CC12. The number of nitrogens with zero attached hydrogens (tertiary/aromatic N) is 1. The van der Waals surface area contributed by atoms with Crippen molar-refractivity contribution in [3.63, 3.8) is 0 Å². The molecule has 2 aliphatic rings. The molecule has 5 nitrogen and oxygen atoms in total. The number of nitrogens with one attached hydrogen (secondary N) is 2. The van der Waals surface area contributed by atoms with Gasteiger partial charge in [0.05, 0.1) is 22.9 Å². The first-order valence-corrected chi connectivity index (χ1v) is 7.15. The first kappa shape index (κ1) is 12.2. The lowest BCUT2D eigenvalue weighted by Gasteiger charge is -2.37. The number of nitrogens with two attached hydrogens (primary N) is 1. The number of carbonyl (C=O) groups excluding carboxylic acids is 1. The van der Waals surface area contributed by atoms with Gasteiger partial charge in [-0.2, -0.15) is 5.10 Å². The van der Waals surface area contributed by atoms with E-state index in [9.17, 15) is 4.79 Å². The molecule has 1 aromatic rings. The number of aromatic amines is 1. The Labute approximate surface area is 114 Å². The van der Waals surface area contributed by atoms with Gasteiger partial charge in [0.25, 0.3) is 0 Å². The molecular weight excluding hydrogens is 296 g/mol. The number of aromatic nitrogens is 2.